The van der Waals surface area contributed by atoms with Gasteiger partial charge in [0.05, 0.1) is 30.2 Å². The van der Waals surface area contributed by atoms with Gasteiger partial charge in [0.2, 0.25) is 5.95 Å². The third-order valence-electron chi connectivity index (χ3n) is 4.60. The molecule has 1 saturated heterocycles. The van der Waals surface area contributed by atoms with Gasteiger partial charge in [-0.25, -0.2) is 4.98 Å². The molecular formula is C19H22N6O. The number of nitrogens with two attached hydrogens (primary N) is 1. The molecule has 7 nitrogen and oxygen atoms in total. The van der Waals surface area contributed by atoms with Crippen LogP contribution in [0.15, 0.2) is 42.5 Å². The van der Waals surface area contributed by atoms with E-state index in [-0.39, 0.29) is 0 Å². The molecule has 26 heavy (non-hydrogen) atoms. The van der Waals surface area contributed by atoms with Crippen molar-refractivity contribution in [3.8, 4) is 11.3 Å². The first-order chi connectivity index (χ1) is 12.7. The normalized spacial score (nSPS) is 16.7. The average Bonchev–Trinajstić information content (AvgIpc) is 3.34. The molecule has 3 N–H and O–H groups in total. The number of ether oxygens (including phenoxy) is 1. The molecule has 1 atom stereocenters. The van der Waals surface area contributed by atoms with Crippen LogP contribution in [-0.4, -0.2) is 40.4 Å². The summed E-state index contributed by atoms with van der Waals surface area (Å²) in [5, 5.41) is 7.51. The third-order valence-corrected chi connectivity index (χ3v) is 4.60. The highest BCUT2D eigenvalue weighted by molar-refractivity contribution is 5.59. The summed E-state index contributed by atoms with van der Waals surface area (Å²) in [7, 11) is 1.99. The van der Waals surface area contributed by atoms with Crippen LogP contribution in [0.25, 0.3) is 11.3 Å². The summed E-state index contributed by atoms with van der Waals surface area (Å²) in [6.45, 7) is 2.12. The Hall–Kier alpha value is -2.93. The van der Waals surface area contributed by atoms with E-state index in [1.165, 1.54) is 0 Å². The number of benzene rings is 1. The van der Waals surface area contributed by atoms with Crippen LogP contribution >= 0.6 is 0 Å². The average molecular weight is 350 g/mol. The van der Waals surface area contributed by atoms with Crippen molar-refractivity contribution in [2.24, 2.45) is 0 Å². The predicted octanol–water partition coefficient (Wildman–Crippen LogP) is 2.59. The van der Waals surface area contributed by atoms with Gasteiger partial charge < -0.3 is 15.4 Å². The summed E-state index contributed by atoms with van der Waals surface area (Å²) in [4.78, 5) is 10.8. The zero-order valence-electron chi connectivity index (χ0n) is 14.7. The lowest BCUT2D eigenvalue weighted by molar-refractivity contribution is 0.193. The highest BCUT2D eigenvalue weighted by atomic mass is 16.5. The third kappa shape index (κ3) is 3.52. The smallest absolute Gasteiger partial charge is 0.222 e. The maximum absolute atomic E-state index is 5.93. The molecule has 0 aliphatic carbocycles. The quantitative estimate of drug-likeness (QED) is 0.735. The summed E-state index contributed by atoms with van der Waals surface area (Å²) in [6, 6.07) is 14.2. The minimum atomic E-state index is 0.296. The van der Waals surface area contributed by atoms with E-state index in [0.29, 0.717) is 25.0 Å². The lowest BCUT2D eigenvalue weighted by Gasteiger charge is -2.19. The Morgan fingerprint density at radius 3 is 2.85 bits per heavy atom. The van der Waals surface area contributed by atoms with Crippen molar-refractivity contribution in [3.63, 3.8) is 0 Å². The van der Waals surface area contributed by atoms with Crippen LogP contribution in [0.3, 0.4) is 0 Å². The van der Waals surface area contributed by atoms with Crippen molar-refractivity contribution < 1.29 is 4.74 Å². The molecular weight excluding hydrogens is 328 g/mol. The molecule has 2 aromatic heterocycles. The second-order valence-corrected chi connectivity index (χ2v) is 6.57. The van der Waals surface area contributed by atoms with Gasteiger partial charge in [-0.1, -0.05) is 30.3 Å². The molecule has 3 aromatic rings. The van der Waals surface area contributed by atoms with Gasteiger partial charge in [0, 0.05) is 31.2 Å². The Bertz CT molecular complexity index is 873. The minimum Gasteiger partial charge on any atom is -0.381 e. The van der Waals surface area contributed by atoms with E-state index < -0.39 is 0 Å². The van der Waals surface area contributed by atoms with Crippen LogP contribution < -0.4 is 10.6 Å². The van der Waals surface area contributed by atoms with Crippen molar-refractivity contribution in [2.75, 3.05) is 30.9 Å². The van der Waals surface area contributed by atoms with Gasteiger partial charge in [0.1, 0.15) is 5.82 Å². The Kier molecular flexibility index (Phi) is 4.53. The number of aromatic nitrogens is 4. The van der Waals surface area contributed by atoms with E-state index in [0.717, 1.165) is 41.5 Å². The van der Waals surface area contributed by atoms with Crippen LogP contribution in [0.5, 0.6) is 0 Å². The summed E-state index contributed by atoms with van der Waals surface area (Å²) in [5.74, 6) is 1.39. The number of nitrogens with one attached hydrogen (secondary N) is 1. The topological polar surface area (TPSA) is 93.0 Å². The van der Waals surface area contributed by atoms with Crippen molar-refractivity contribution in [1.29, 1.82) is 0 Å². The molecule has 0 spiro atoms. The number of anilines is 2. The maximum Gasteiger partial charge on any atom is 0.222 e. The molecule has 0 bridgehead atoms. The molecule has 4 rings (SSSR count). The summed E-state index contributed by atoms with van der Waals surface area (Å²) in [5.41, 5.74) is 9.91. The number of rotatable bonds is 5. The minimum absolute atomic E-state index is 0.296. The molecule has 1 aliphatic rings. The number of hydrogen-bond acceptors (Lipinski definition) is 6. The highest BCUT2D eigenvalue weighted by Gasteiger charge is 2.21. The molecule has 7 heteroatoms. The van der Waals surface area contributed by atoms with Gasteiger partial charge in [0.25, 0.3) is 0 Å². The van der Waals surface area contributed by atoms with Crippen LogP contribution in [0.2, 0.25) is 0 Å². The first-order valence-electron chi connectivity index (χ1n) is 8.72. The zero-order valence-corrected chi connectivity index (χ0v) is 14.7. The van der Waals surface area contributed by atoms with E-state index in [4.69, 9.17) is 10.5 Å². The van der Waals surface area contributed by atoms with E-state index in [1.54, 1.807) is 0 Å². The van der Waals surface area contributed by atoms with E-state index in [1.807, 2.05) is 48.3 Å². The lowest BCUT2D eigenvalue weighted by Crippen LogP contribution is -2.20. The summed E-state index contributed by atoms with van der Waals surface area (Å²) in [6.07, 6.45) is 0.973. The number of aromatic amines is 1. The van der Waals surface area contributed by atoms with Crippen molar-refractivity contribution >= 4 is 11.8 Å². The number of nitrogens with zero attached hydrogens (tertiary/aromatic N) is 4. The van der Waals surface area contributed by atoms with Crippen LogP contribution in [-0.2, 0) is 11.3 Å². The fourth-order valence-electron chi connectivity index (χ4n) is 3.18. The largest absolute Gasteiger partial charge is 0.381 e. The highest BCUT2D eigenvalue weighted by Crippen LogP contribution is 2.27. The van der Waals surface area contributed by atoms with Crippen LogP contribution in [0.4, 0.5) is 11.8 Å². The van der Waals surface area contributed by atoms with E-state index >= 15 is 0 Å². The number of nitrogen functional groups attached to an aromatic ring is 1. The monoisotopic (exact) mass is 350 g/mol. The summed E-state index contributed by atoms with van der Waals surface area (Å²) < 4.78 is 5.46. The predicted molar refractivity (Wildman–Crippen MR) is 101 cm³/mol. The molecule has 0 unspecified atom stereocenters. The standard InChI is InChI=1S/C19H22N6O/c1-25(11-15-9-17(24-23-15)13-5-3-2-4-6-13)18-10-16(21-19(20)22-18)14-7-8-26-12-14/h2-6,9-10,14H,7-8,11-12H2,1H3,(H,23,24)(H2,20,21,22)/t14-/m1/s1. The molecule has 1 fully saturated rings. The molecule has 0 radical (unpaired) electrons. The van der Waals surface area contributed by atoms with E-state index in [2.05, 4.69) is 26.2 Å². The van der Waals surface area contributed by atoms with E-state index in [9.17, 15) is 0 Å². The Morgan fingerprint density at radius 2 is 2.08 bits per heavy atom. The first kappa shape index (κ1) is 16.5. The Balaban J connectivity index is 1.51. The second kappa shape index (κ2) is 7.13. The molecule has 1 aliphatic heterocycles. The maximum atomic E-state index is 5.93. The van der Waals surface area contributed by atoms with Crippen LogP contribution in [0.1, 0.15) is 23.7 Å². The molecule has 134 valence electrons. The van der Waals surface area contributed by atoms with Crippen LogP contribution in [0, 0.1) is 0 Å². The number of hydrogen-bond donors (Lipinski definition) is 2. The molecule has 1 aromatic carbocycles. The van der Waals surface area contributed by atoms with Crippen molar-refractivity contribution in [1.82, 2.24) is 20.2 Å². The Morgan fingerprint density at radius 1 is 1.23 bits per heavy atom. The lowest BCUT2D eigenvalue weighted by atomic mass is 10.0. The van der Waals surface area contributed by atoms with Gasteiger partial charge in [0.15, 0.2) is 0 Å². The van der Waals surface area contributed by atoms with Gasteiger partial charge in [-0.15, -0.1) is 0 Å². The van der Waals surface area contributed by atoms with Crippen molar-refractivity contribution in [3.05, 3.63) is 53.9 Å². The van der Waals surface area contributed by atoms with Gasteiger partial charge >= 0.3 is 0 Å². The van der Waals surface area contributed by atoms with Gasteiger partial charge in [-0.2, -0.15) is 10.1 Å². The summed E-state index contributed by atoms with van der Waals surface area (Å²) >= 11 is 0. The fraction of sp³-hybridized carbons (Fsp3) is 0.316. The van der Waals surface area contributed by atoms with Crippen molar-refractivity contribution in [2.45, 2.75) is 18.9 Å². The first-order valence-corrected chi connectivity index (χ1v) is 8.72. The molecule has 0 amide bonds. The SMILES string of the molecule is CN(Cc1cc(-c2ccccc2)n[nH]1)c1cc([C@@H]2CCOC2)nc(N)n1. The fourth-order valence-corrected chi connectivity index (χ4v) is 3.18. The zero-order chi connectivity index (χ0) is 17.9. The molecule has 0 saturated carbocycles. The second-order valence-electron chi connectivity index (χ2n) is 6.57. The number of H-pyrrole nitrogens is 1. The molecule has 3 heterocycles. The Labute approximate surface area is 152 Å². The van der Waals surface area contributed by atoms with Gasteiger partial charge in [-0.05, 0) is 12.5 Å². The van der Waals surface area contributed by atoms with Gasteiger partial charge in [-0.3, -0.25) is 5.10 Å².